The van der Waals surface area contributed by atoms with Crippen LogP contribution in [-0.2, 0) is 0 Å². The van der Waals surface area contributed by atoms with Gasteiger partial charge in [0.15, 0.2) is 0 Å². The van der Waals surface area contributed by atoms with E-state index in [1.54, 1.807) is 0 Å². The quantitative estimate of drug-likeness (QED) is 0.927. The minimum absolute atomic E-state index is 0.122. The molecule has 1 N–H and O–H groups in total. The second-order valence-corrected chi connectivity index (χ2v) is 5.53. The first-order valence-corrected chi connectivity index (χ1v) is 7.33. The van der Waals surface area contributed by atoms with Gasteiger partial charge in [0.05, 0.1) is 6.04 Å². The van der Waals surface area contributed by atoms with Crippen molar-refractivity contribution in [2.75, 3.05) is 24.3 Å². The van der Waals surface area contributed by atoms with E-state index in [4.69, 9.17) is 11.6 Å². The topological polar surface area (TPSA) is 41.1 Å². The van der Waals surface area contributed by atoms with Crippen molar-refractivity contribution < 1.29 is 0 Å². The fourth-order valence-electron chi connectivity index (χ4n) is 2.41. The van der Waals surface area contributed by atoms with E-state index in [1.807, 2.05) is 52.2 Å². The molecule has 1 heterocycles. The van der Waals surface area contributed by atoms with Crippen LogP contribution in [0.25, 0.3) is 0 Å². The van der Waals surface area contributed by atoms with Crippen LogP contribution in [0.3, 0.4) is 0 Å². The van der Waals surface area contributed by atoms with E-state index in [-0.39, 0.29) is 6.04 Å². The summed E-state index contributed by atoms with van der Waals surface area (Å²) in [5, 5.41) is 3.89. The molecule has 0 spiro atoms. The van der Waals surface area contributed by atoms with Crippen LogP contribution in [0, 0.1) is 13.8 Å². The minimum Gasteiger partial charge on any atom is -0.373 e. The van der Waals surface area contributed by atoms with Crippen molar-refractivity contribution in [2.45, 2.75) is 26.8 Å². The summed E-state index contributed by atoms with van der Waals surface area (Å²) >= 11 is 6.31. The monoisotopic (exact) mass is 304 g/mol. The van der Waals surface area contributed by atoms with Gasteiger partial charge in [-0.15, -0.1) is 0 Å². The average molecular weight is 305 g/mol. The molecule has 0 saturated carbocycles. The Morgan fingerprint density at radius 3 is 2.48 bits per heavy atom. The lowest BCUT2D eigenvalue weighted by molar-refractivity contribution is 0.722. The first-order chi connectivity index (χ1) is 9.95. The average Bonchev–Trinajstić information content (AvgIpc) is 2.48. The van der Waals surface area contributed by atoms with Gasteiger partial charge in [0.2, 0.25) is 0 Å². The molecule has 4 nitrogen and oxygen atoms in total. The molecule has 0 radical (unpaired) electrons. The molecule has 0 amide bonds. The van der Waals surface area contributed by atoms with Gasteiger partial charge in [0, 0.05) is 24.7 Å². The third-order valence-corrected chi connectivity index (χ3v) is 4.08. The van der Waals surface area contributed by atoms with Gasteiger partial charge in [-0.3, -0.25) is 0 Å². The van der Waals surface area contributed by atoms with Crippen molar-refractivity contribution in [1.29, 1.82) is 0 Å². The van der Waals surface area contributed by atoms with Crippen LogP contribution in [0.15, 0.2) is 24.3 Å². The highest BCUT2D eigenvalue weighted by atomic mass is 35.5. The third-order valence-electron chi connectivity index (χ3n) is 3.74. The van der Waals surface area contributed by atoms with Crippen LogP contribution in [-0.4, -0.2) is 24.1 Å². The van der Waals surface area contributed by atoms with Crippen LogP contribution >= 0.6 is 11.6 Å². The number of hydrogen-bond acceptors (Lipinski definition) is 4. The van der Waals surface area contributed by atoms with E-state index < -0.39 is 0 Å². The first kappa shape index (κ1) is 15.6. The highest BCUT2D eigenvalue weighted by Crippen LogP contribution is 2.32. The molecule has 0 saturated heterocycles. The first-order valence-electron chi connectivity index (χ1n) is 6.96. The number of aromatic nitrogens is 2. The van der Waals surface area contributed by atoms with Gasteiger partial charge in [-0.05, 0) is 32.4 Å². The predicted octanol–water partition coefficient (Wildman–Crippen LogP) is 3.99. The molecule has 21 heavy (non-hydrogen) atoms. The van der Waals surface area contributed by atoms with Crippen molar-refractivity contribution in [3.63, 3.8) is 0 Å². The fraction of sp³-hybridized carbons (Fsp3) is 0.375. The molecular formula is C16H21ClN4. The molecule has 112 valence electrons. The van der Waals surface area contributed by atoms with Gasteiger partial charge >= 0.3 is 0 Å². The maximum atomic E-state index is 6.31. The van der Waals surface area contributed by atoms with Crippen LogP contribution in [0.5, 0.6) is 0 Å². The molecule has 0 bridgehead atoms. The molecule has 0 aliphatic heterocycles. The molecule has 5 heteroatoms. The zero-order valence-electron chi connectivity index (χ0n) is 13.1. The van der Waals surface area contributed by atoms with E-state index in [0.717, 1.165) is 33.6 Å². The Morgan fingerprint density at radius 1 is 1.19 bits per heavy atom. The number of anilines is 2. The third kappa shape index (κ3) is 3.10. The Kier molecular flexibility index (Phi) is 4.68. The normalized spacial score (nSPS) is 12.1. The lowest BCUT2D eigenvalue weighted by Crippen LogP contribution is -2.24. The summed E-state index contributed by atoms with van der Waals surface area (Å²) in [7, 11) is 3.90. The number of halogens is 1. The maximum Gasteiger partial charge on any atom is 0.137 e. The second kappa shape index (κ2) is 6.31. The Hall–Kier alpha value is -1.81. The second-order valence-electron chi connectivity index (χ2n) is 5.13. The highest BCUT2D eigenvalue weighted by Gasteiger charge is 2.19. The zero-order chi connectivity index (χ0) is 15.6. The van der Waals surface area contributed by atoms with Crippen LogP contribution in [0.4, 0.5) is 11.6 Å². The molecule has 1 atom stereocenters. The summed E-state index contributed by atoms with van der Waals surface area (Å²) in [5.74, 6) is 2.52. The van der Waals surface area contributed by atoms with Crippen molar-refractivity contribution in [3.8, 4) is 0 Å². The summed E-state index contributed by atoms with van der Waals surface area (Å²) in [4.78, 5) is 11.1. The minimum atomic E-state index is 0.122. The summed E-state index contributed by atoms with van der Waals surface area (Å²) in [6.07, 6.45) is 0. The van der Waals surface area contributed by atoms with Gasteiger partial charge in [-0.1, -0.05) is 29.8 Å². The standard InChI is InChI=1S/C16H21ClN4/c1-10-15(18-4)19-12(3)20-16(10)21(5)11(2)13-8-6-7-9-14(13)17/h6-9,11H,1-5H3,(H,18,19,20). The summed E-state index contributed by atoms with van der Waals surface area (Å²) in [6.45, 7) is 6.05. The molecule has 0 fully saturated rings. The van der Waals surface area contributed by atoms with Gasteiger partial charge in [-0.25, -0.2) is 9.97 Å². The number of nitrogens with zero attached hydrogens (tertiary/aromatic N) is 3. The summed E-state index contributed by atoms with van der Waals surface area (Å²) < 4.78 is 0. The van der Waals surface area contributed by atoms with E-state index in [1.165, 1.54) is 0 Å². The fourth-order valence-corrected chi connectivity index (χ4v) is 2.70. The molecule has 2 rings (SSSR count). The maximum absolute atomic E-state index is 6.31. The van der Waals surface area contributed by atoms with E-state index >= 15 is 0 Å². The van der Waals surface area contributed by atoms with Gasteiger partial charge < -0.3 is 10.2 Å². The summed E-state index contributed by atoms with van der Waals surface area (Å²) in [5.41, 5.74) is 2.12. The Bertz CT molecular complexity index is 642. The Balaban J connectivity index is 2.42. The molecule has 0 aliphatic carbocycles. The number of nitrogens with one attached hydrogen (secondary N) is 1. The summed E-state index contributed by atoms with van der Waals surface area (Å²) in [6, 6.07) is 8.03. The SMILES string of the molecule is CNc1nc(C)nc(N(C)C(C)c2ccccc2Cl)c1C. The Labute approximate surface area is 131 Å². The van der Waals surface area contributed by atoms with E-state index in [2.05, 4.69) is 27.1 Å². The number of hydrogen-bond donors (Lipinski definition) is 1. The zero-order valence-corrected chi connectivity index (χ0v) is 13.9. The number of aryl methyl sites for hydroxylation is 1. The Morgan fingerprint density at radius 2 is 1.86 bits per heavy atom. The van der Waals surface area contributed by atoms with Gasteiger partial charge in [0.1, 0.15) is 17.5 Å². The van der Waals surface area contributed by atoms with Crippen molar-refractivity contribution in [3.05, 3.63) is 46.2 Å². The molecule has 1 aromatic heterocycles. The van der Waals surface area contributed by atoms with Crippen molar-refractivity contribution >= 4 is 23.2 Å². The van der Waals surface area contributed by atoms with Crippen LogP contribution < -0.4 is 10.2 Å². The van der Waals surface area contributed by atoms with Crippen LogP contribution in [0.1, 0.15) is 29.9 Å². The molecule has 2 aromatic rings. The lowest BCUT2D eigenvalue weighted by Gasteiger charge is -2.29. The lowest BCUT2D eigenvalue weighted by atomic mass is 10.1. The van der Waals surface area contributed by atoms with E-state index in [0.29, 0.717) is 0 Å². The van der Waals surface area contributed by atoms with E-state index in [9.17, 15) is 0 Å². The van der Waals surface area contributed by atoms with Gasteiger partial charge in [-0.2, -0.15) is 0 Å². The molecular weight excluding hydrogens is 284 g/mol. The smallest absolute Gasteiger partial charge is 0.137 e. The molecule has 1 unspecified atom stereocenters. The largest absolute Gasteiger partial charge is 0.373 e. The van der Waals surface area contributed by atoms with Gasteiger partial charge in [0.25, 0.3) is 0 Å². The number of rotatable bonds is 4. The molecule has 0 aliphatic rings. The number of benzene rings is 1. The van der Waals surface area contributed by atoms with Crippen molar-refractivity contribution in [2.24, 2.45) is 0 Å². The predicted molar refractivity (Wildman–Crippen MR) is 89.3 cm³/mol. The van der Waals surface area contributed by atoms with Crippen molar-refractivity contribution in [1.82, 2.24) is 9.97 Å². The molecule has 1 aromatic carbocycles. The van der Waals surface area contributed by atoms with Crippen LogP contribution in [0.2, 0.25) is 5.02 Å². The highest BCUT2D eigenvalue weighted by molar-refractivity contribution is 6.31.